The van der Waals surface area contributed by atoms with Crippen molar-refractivity contribution in [3.63, 3.8) is 0 Å². The standard InChI is InChI=1S/C19H37NO5Si/c1-10-23-16(21)14-11-15(25-26(8,9)19(5,6)7)13-20(12-14)17(22)24-18(2,3)4/h14-15H,10-13H2,1-9H3. The summed E-state index contributed by atoms with van der Waals surface area (Å²) in [7, 11) is -2.02. The Labute approximate surface area is 159 Å². The molecule has 7 heteroatoms. The zero-order valence-electron chi connectivity index (χ0n) is 18.0. The molecule has 2 atom stereocenters. The summed E-state index contributed by atoms with van der Waals surface area (Å²) in [4.78, 5) is 26.5. The molecule has 1 heterocycles. The van der Waals surface area contributed by atoms with Crippen LogP contribution >= 0.6 is 0 Å². The van der Waals surface area contributed by atoms with Crippen molar-refractivity contribution in [2.75, 3.05) is 19.7 Å². The van der Waals surface area contributed by atoms with Gasteiger partial charge in [0.25, 0.3) is 0 Å². The number of ether oxygens (including phenoxy) is 2. The summed E-state index contributed by atoms with van der Waals surface area (Å²) in [5.41, 5.74) is -0.580. The summed E-state index contributed by atoms with van der Waals surface area (Å²) < 4.78 is 17.2. The van der Waals surface area contributed by atoms with Gasteiger partial charge in [-0.25, -0.2) is 4.79 Å². The zero-order chi connectivity index (χ0) is 20.3. The molecule has 1 aliphatic heterocycles. The van der Waals surface area contributed by atoms with E-state index in [1.54, 1.807) is 11.8 Å². The first-order valence-electron chi connectivity index (χ1n) is 9.48. The second kappa shape index (κ2) is 8.29. The molecule has 0 aliphatic carbocycles. The molecule has 0 N–H and O–H groups in total. The van der Waals surface area contributed by atoms with E-state index in [2.05, 4.69) is 33.9 Å². The van der Waals surface area contributed by atoms with E-state index >= 15 is 0 Å². The Morgan fingerprint density at radius 2 is 1.65 bits per heavy atom. The first kappa shape index (κ1) is 23.0. The van der Waals surface area contributed by atoms with Crippen molar-refractivity contribution < 1.29 is 23.5 Å². The van der Waals surface area contributed by atoms with Crippen LogP contribution in [0.15, 0.2) is 0 Å². The Balaban J connectivity index is 2.96. The predicted octanol–water partition coefficient (Wildman–Crippen LogP) is 4.20. The topological polar surface area (TPSA) is 65.1 Å². The van der Waals surface area contributed by atoms with Crippen LogP contribution in [0.4, 0.5) is 4.79 Å². The highest BCUT2D eigenvalue weighted by molar-refractivity contribution is 6.74. The maximum Gasteiger partial charge on any atom is 0.410 e. The minimum Gasteiger partial charge on any atom is -0.466 e. The molecule has 0 aromatic carbocycles. The molecule has 152 valence electrons. The molecule has 2 unspecified atom stereocenters. The van der Waals surface area contributed by atoms with Gasteiger partial charge in [0.1, 0.15) is 5.60 Å². The zero-order valence-corrected chi connectivity index (χ0v) is 19.0. The molecule has 0 spiro atoms. The summed E-state index contributed by atoms with van der Waals surface area (Å²) in [6, 6.07) is 0. The minimum absolute atomic E-state index is 0.0562. The summed E-state index contributed by atoms with van der Waals surface area (Å²) in [6.45, 7) is 19.3. The molecule has 0 radical (unpaired) electrons. The largest absolute Gasteiger partial charge is 0.466 e. The fraction of sp³-hybridized carbons (Fsp3) is 0.895. The maximum atomic E-state index is 12.6. The Bertz CT molecular complexity index is 507. The summed E-state index contributed by atoms with van der Waals surface area (Å²) in [6.07, 6.45) is -0.0214. The van der Waals surface area contributed by atoms with Crippen molar-refractivity contribution in [3.05, 3.63) is 0 Å². The molecule has 0 aromatic rings. The highest BCUT2D eigenvalue weighted by atomic mass is 28.4. The number of rotatable bonds is 4. The van der Waals surface area contributed by atoms with E-state index < -0.39 is 20.0 Å². The number of hydrogen-bond donors (Lipinski definition) is 0. The van der Waals surface area contributed by atoms with Crippen LogP contribution in [0.2, 0.25) is 18.1 Å². The SMILES string of the molecule is CCOC(=O)C1CC(O[Si](C)(C)C(C)(C)C)CN(C(=O)OC(C)(C)C)C1. The van der Waals surface area contributed by atoms with Crippen LogP contribution in [0.3, 0.4) is 0 Å². The summed E-state index contributed by atoms with van der Waals surface area (Å²) in [5.74, 6) is -0.657. The molecular weight excluding hydrogens is 350 g/mol. The van der Waals surface area contributed by atoms with Gasteiger partial charge in [-0.05, 0) is 52.2 Å². The molecular formula is C19H37NO5Si. The highest BCUT2D eigenvalue weighted by Gasteiger charge is 2.43. The van der Waals surface area contributed by atoms with Gasteiger partial charge in [-0.15, -0.1) is 0 Å². The van der Waals surface area contributed by atoms with Gasteiger partial charge in [-0.1, -0.05) is 20.8 Å². The van der Waals surface area contributed by atoms with Gasteiger partial charge in [0, 0.05) is 13.1 Å². The first-order chi connectivity index (χ1) is 11.7. The lowest BCUT2D eigenvalue weighted by molar-refractivity contribution is -0.151. The van der Waals surface area contributed by atoms with E-state index in [-0.39, 0.29) is 23.0 Å². The van der Waals surface area contributed by atoms with Crippen LogP contribution in [0.25, 0.3) is 0 Å². The number of carbonyl (C=O) groups is 2. The monoisotopic (exact) mass is 387 g/mol. The maximum absolute atomic E-state index is 12.6. The van der Waals surface area contributed by atoms with Gasteiger partial charge in [0.2, 0.25) is 0 Å². The van der Waals surface area contributed by atoms with Crippen LogP contribution < -0.4 is 0 Å². The number of nitrogens with zero attached hydrogens (tertiary/aromatic N) is 1. The second-order valence-electron chi connectivity index (χ2n) is 9.57. The van der Waals surface area contributed by atoms with Gasteiger partial charge < -0.3 is 18.8 Å². The molecule has 1 amide bonds. The molecule has 1 fully saturated rings. The summed E-state index contributed by atoms with van der Waals surface area (Å²) in [5, 5.41) is 0.0562. The van der Waals surface area contributed by atoms with Crippen LogP contribution in [0.5, 0.6) is 0 Å². The third-order valence-corrected chi connectivity index (χ3v) is 9.49. The van der Waals surface area contributed by atoms with E-state index in [4.69, 9.17) is 13.9 Å². The van der Waals surface area contributed by atoms with E-state index in [1.165, 1.54) is 0 Å². The average molecular weight is 388 g/mol. The average Bonchev–Trinajstić information content (AvgIpc) is 2.43. The number of hydrogen-bond acceptors (Lipinski definition) is 5. The van der Waals surface area contributed by atoms with Gasteiger partial charge >= 0.3 is 12.1 Å². The smallest absolute Gasteiger partial charge is 0.410 e. The van der Waals surface area contributed by atoms with Crippen molar-refractivity contribution >= 4 is 20.4 Å². The van der Waals surface area contributed by atoms with Crippen LogP contribution in [0, 0.1) is 5.92 Å². The van der Waals surface area contributed by atoms with E-state index in [1.807, 2.05) is 20.8 Å². The van der Waals surface area contributed by atoms with Crippen LogP contribution in [0.1, 0.15) is 54.9 Å². The Morgan fingerprint density at radius 3 is 2.12 bits per heavy atom. The fourth-order valence-electron chi connectivity index (χ4n) is 2.64. The molecule has 0 aromatic heterocycles. The van der Waals surface area contributed by atoms with Crippen molar-refractivity contribution in [1.82, 2.24) is 4.90 Å². The normalized spacial score (nSPS) is 22.1. The fourth-order valence-corrected chi connectivity index (χ4v) is 4.00. The molecule has 0 bridgehead atoms. The number of amides is 1. The molecule has 26 heavy (non-hydrogen) atoms. The molecule has 6 nitrogen and oxygen atoms in total. The third kappa shape index (κ3) is 6.58. The number of esters is 1. The lowest BCUT2D eigenvalue weighted by atomic mass is 9.96. The second-order valence-corrected chi connectivity index (χ2v) is 14.3. The number of piperidine rings is 1. The van der Waals surface area contributed by atoms with Gasteiger partial charge in [0.15, 0.2) is 8.32 Å². The Hall–Kier alpha value is -1.08. The van der Waals surface area contributed by atoms with Crippen molar-refractivity contribution in [2.45, 2.75) is 84.7 Å². The van der Waals surface area contributed by atoms with Crippen molar-refractivity contribution in [1.29, 1.82) is 0 Å². The van der Waals surface area contributed by atoms with E-state index in [9.17, 15) is 9.59 Å². The highest BCUT2D eigenvalue weighted by Crippen LogP contribution is 2.38. The Morgan fingerprint density at radius 1 is 1.08 bits per heavy atom. The molecule has 0 saturated carbocycles. The predicted molar refractivity (Wildman–Crippen MR) is 105 cm³/mol. The van der Waals surface area contributed by atoms with E-state index in [0.717, 1.165) is 0 Å². The molecule has 1 rings (SSSR count). The van der Waals surface area contributed by atoms with Crippen LogP contribution in [-0.2, 0) is 18.7 Å². The summed E-state index contributed by atoms with van der Waals surface area (Å²) >= 11 is 0. The molecule has 1 aliphatic rings. The third-order valence-electron chi connectivity index (χ3n) is 4.95. The van der Waals surface area contributed by atoms with Crippen molar-refractivity contribution in [3.8, 4) is 0 Å². The van der Waals surface area contributed by atoms with Crippen LogP contribution in [-0.4, -0.2) is 56.7 Å². The quantitative estimate of drug-likeness (QED) is 0.534. The number of carbonyl (C=O) groups excluding carboxylic acids is 2. The van der Waals surface area contributed by atoms with Crippen molar-refractivity contribution in [2.24, 2.45) is 5.92 Å². The first-order valence-corrected chi connectivity index (χ1v) is 12.4. The van der Waals surface area contributed by atoms with E-state index in [0.29, 0.717) is 26.1 Å². The molecule has 1 saturated heterocycles. The van der Waals surface area contributed by atoms with Gasteiger partial charge in [-0.3, -0.25) is 4.79 Å². The lowest BCUT2D eigenvalue weighted by Gasteiger charge is -2.43. The minimum atomic E-state index is -2.02. The van der Waals surface area contributed by atoms with Gasteiger partial charge in [-0.2, -0.15) is 0 Å². The van der Waals surface area contributed by atoms with Gasteiger partial charge in [0.05, 0.1) is 18.6 Å². The number of likely N-dealkylation sites (tertiary alicyclic amines) is 1. The Kier molecular flexibility index (Phi) is 7.32. The lowest BCUT2D eigenvalue weighted by Crippen LogP contribution is -2.54.